The number of aliphatic hydroxyl groups is 1. The summed E-state index contributed by atoms with van der Waals surface area (Å²) in [6, 6.07) is 0. The molecule has 24 heavy (non-hydrogen) atoms. The van der Waals surface area contributed by atoms with Gasteiger partial charge in [-0.2, -0.15) is 0 Å². The van der Waals surface area contributed by atoms with Crippen LogP contribution in [0.2, 0.25) is 0 Å². The lowest BCUT2D eigenvalue weighted by Crippen LogP contribution is -2.52. The summed E-state index contributed by atoms with van der Waals surface area (Å²) in [6.45, 7) is 8.00. The van der Waals surface area contributed by atoms with Crippen LogP contribution in [0.3, 0.4) is 0 Å². The number of carbonyl (C=O) groups excluding carboxylic acids is 2. The van der Waals surface area contributed by atoms with E-state index in [-0.39, 0.29) is 11.2 Å². The topological polar surface area (TPSA) is 54.4 Å². The molecule has 0 saturated heterocycles. The van der Waals surface area contributed by atoms with E-state index in [1.54, 1.807) is 0 Å². The maximum Gasteiger partial charge on any atom is 0.161 e. The zero-order valence-electron chi connectivity index (χ0n) is 15.4. The minimum absolute atomic E-state index is 0.0896. The molecule has 3 aliphatic rings. The average Bonchev–Trinajstić information content (AvgIpc) is 2.82. The molecule has 0 aromatic rings. The van der Waals surface area contributed by atoms with E-state index in [2.05, 4.69) is 26.8 Å². The van der Waals surface area contributed by atoms with Crippen molar-refractivity contribution < 1.29 is 14.7 Å². The summed E-state index contributed by atoms with van der Waals surface area (Å²) in [5.74, 6) is 0.932. The molecule has 3 aliphatic carbocycles. The van der Waals surface area contributed by atoms with Gasteiger partial charge in [-0.1, -0.05) is 32.4 Å². The van der Waals surface area contributed by atoms with Crippen molar-refractivity contribution in [3.8, 4) is 0 Å². The molecule has 0 aromatic carbocycles. The molecule has 3 unspecified atom stereocenters. The minimum Gasteiger partial charge on any atom is -0.381 e. The lowest BCUT2D eigenvalue weighted by atomic mass is 9.58. The van der Waals surface area contributed by atoms with Crippen molar-refractivity contribution in [2.45, 2.75) is 78.2 Å². The van der Waals surface area contributed by atoms with Crippen molar-refractivity contribution in [2.75, 3.05) is 0 Å². The second kappa shape index (κ2) is 5.94. The normalized spacial score (nSPS) is 39.7. The van der Waals surface area contributed by atoms with Crippen molar-refractivity contribution in [2.24, 2.45) is 17.3 Å². The van der Waals surface area contributed by atoms with Gasteiger partial charge in [-0.05, 0) is 62.0 Å². The zero-order valence-corrected chi connectivity index (χ0v) is 15.4. The van der Waals surface area contributed by atoms with Gasteiger partial charge in [0.2, 0.25) is 0 Å². The van der Waals surface area contributed by atoms with Crippen molar-refractivity contribution in [1.29, 1.82) is 0 Å². The highest BCUT2D eigenvalue weighted by molar-refractivity contribution is 5.86. The maximum atomic E-state index is 12.1. The van der Waals surface area contributed by atoms with Gasteiger partial charge in [0.25, 0.3) is 0 Å². The molecule has 3 rings (SSSR count). The first-order valence-corrected chi connectivity index (χ1v) is 9.41. The molecule has 1 saturated carbocycles. The van der Waals surface area contributed by atoms with Gasteiger partial charge in [-0.15, -0.1) is 0 Å². The number of fused-ring (bicyclic) bond motifs is 1. The van der Waals surface area contributed by atoms with Crippen LogP contribution >= 0.6 is 0 Å². The Kier molecular flexibility index (Phi) is 4.36. The van der Waals surface area contributed by atoms with Crippen LogP contribution in [0.1, 0.15) is 72.6 Å². The third-order valence-electron chi connectivity index (χ3n) is 7.27. The van der Waals surface area contributed by atoms with Crippen LogP contribution in [0.25, 0.3) is 0 Å². The van der Waals surface area contributed by atoms with Crippen LogP contribution in [0.5, 0.6) is 0 Å². The molecule has 0 radical (unpaired) electrons. The standard InChI is InChI=1S/C21H30O3/c1-5-15-12-16(23)6-7-18(15)17-8-10-20(4)19(13(17)2)9-11-21(20,24)14(3)22/h8,13,19,24H,5-7,9-12H2,1-4H3/t13?,19?,20?,21-/m0/s1. The highest BCUT2D eigenvalue weighted by atomic mass is 16.3. The Morgan fingerprint density at radius 2 is 2.08 bits per heavy atom. The van der Waals surface area contributed by atoms with E-state index < -0.39 is 5.60 Å². The van der Waals surface area contributed by atoms with Gasteiger partial charge in [0.1, 0.15) is 11.4 Å². The van der Waals surface area contributed by atoms with E-state index in [9.17, 15) is 14.7 Å². The second-order valence-corrected chi connectivity index (χ2v) is 8.28. The van der Waals surface area contributed by atoms with E-state index >= 15 is 0 Å². The summed E-state index contributed by atoms with van der Waals surface area (Å²) in [4.78, 5) is 23.9. The van der Waals surface area contributed by atoms with Crippen molar-refractivity contribution in [1.82, 2.24) is 0 Å². The molecule has 0 aliphatic heterocycles. The van der Waals surface area contributed by atoms with Gasteiger partial charge in [0, 0.05) is 18.3 Å². The number of allylic oxidation sites excluding steroid dienone is 4. The molecule has 1 N–H and O–H groups in total. The Balaban J connectivity index is 1.99. The smallest absolute Gasteiger partial charge is 0.161 e. The van der Waals surface area contributed by atoms with Crippen LogP contribution in [0.4, 0.5) is 0 Å². The van der Waals surface area contributed by atoms with Crippen LogP contribution in [0, 0.1) is 17.3 Å². The minimum atomic E-state index is -1.18. The van der Waals surface area contributed by atoms with E-state index in [0.29, 0.717) is 36.9 Å². The highest BCUT2D eigenvalue weighted by Gasteiger charge is 2.61. The van der Waals surface area contributed by atoms with Crippen LogP contribution in [0.15, 0.2) is 22.8 Å². The Hall–Kier alpha value is -1.22. The summed E-state index contributed by atoms with van der Waals surface area (Å²) < 4.78 is 0. The van der Waals surface area contributed by atoms with Crippen molar-refractivity contribution in [3.05, 3.63) is 22.8 Å². The first kappa shape index (κ1) is 17.6. The maximum absolute atomic E-state index is 12.1. The molecule has 0 aromatic heterocycles. The molecule has 0 heterocycles. The monoisotopic (exact) mass is 330 g/mol. The largest absolute Gasteiger partial charge is 0.381 e. The van der Waals surface area contributed by atoms with Crippen LogP contribution in [-0.4, -0.2) is 22.3 Å². The fraction of sp³-hybridized carbons (Fsp3) is 0.714. The van der Waals surface area contributed by atoms with Gasteiger partial charge >= 0.3 is 0 Å². The number of hydrogen-bond acceptors (Lipinski definition) is 3. The summed E-state index contributed by atoms with van der Waals surface area (Å²) in [5.41, 5.74) is 2.53. The molecule has 3 nitrogen and oxygen atoms in total. The molecule has 132 valence electrons. The van der Waals surface area contributed by atoms with Gasteiger partial charge < -0.3 is 5.11 Å². The first-order chi connectivity index (χ1) is 11.2. The number of Topliss-reactive ketones (excluding diaryl/α,β-unsaturated/α-hetero) is 2. The fourth-order valence-electron chi connectivity index (χ4n) is 5.66. The highest BCUT2D eigenvalue weighted by Crippen LogP contribution is 2.60. The predicted octanol–water partition coefficient (Wildman–Crippen LogP) is 4.15. The van der Waals surface area contributed by atoms with Gasteiger partial charge in [-0.25, -0.2) is 0 Å². The quantitative estimate of drug-likeness (QED) is 0.846. The van der Waals surface area contributed by atoms with Crippen molar-refractivity contribution >= 4 is 11.6 Å². The van der Waals surface area contributed by atoms with Crippen LogP contribution in [-0.2, 0) is 9.59 Å². The van der Waals surface area contributed by atoms with Gasteiger partial charge in [-0.3, -0.25) is 9.59 Å². The summed E-state index contributed by atoms with van der Waals surface area (Å²) in [5, 5.41) is 11.0. The van der Waals surface area contributed by atoms with Gasteiger partial charge in [0.05, 0.1) is 0 Å². The Morgan fingerprint density at radius 3 is 2.71 bits per heavy atom. The third kappa shape index (κ3) is 2.35. The Labute approximate surface area is 145 Å². The Bertz CT molecular complexity index is 641. The van der Waals surface area contributed by atoms with Gasteiger partial charge in [0.15, 0.2) is 5.78 Å². The molecule has 3 heteroatoms. The lowest BCUT2D eigenvalue weighted by molar-refractivity contribution is -0.149. The van der Waals surface area contributed by atoms with E-state index in [1.807, 2.05) is 0 Å². The summed E-state index contributed by atoms with van der Waals surface area (Å²) in [6.07, 6.45) is 7.55. The predicted molar refractivity (Wildman–Crippen MR) is 94.5 cm³/mol. The van der Waals surface area contributed by atoms with E-state index in [4.69, 9.17) is 0 Å². The average molecular weight is 330 g/mol. The fourth-order valence-corrected chi connectivity index (χ4v) is 5.66. The van der Waals surface area contributed by atoms with Crippen molar-refractivity contribution in [3.63, 3.8) is 0 Å². The van der Waals surface area contributed by atoms with Crippen LogP contribution < -0.4 is 0 Å². The SMILES string of the molecule is CCC1=C(C2=CCC3(C)C(CC[C@]3(O)C(C)=O)C2C)CCC(=O)C1. The third-order valence-corrected chi connectivity index (χ3v) is 7.27. The molecule has 1 fully saturated rings. The molecular weight excluding hydrogens is 300 g/mol. The molecule has 0 bridgehead atoms. The number of ketones is 2. The molecule has 0 amide bonds. The summed E-state index contributed by atoms with van der Waals surface area (Å²) >= 11 is 0. The summed E-state index contributed by atoms with van der Waals surface area (Å²) in [7, 11) is 0. The molecule has 0 spiro atoms. The number of rotatable bonds is 3. The van der Waals surface area contributed by atoms with E-state index in [1.165, 1.54) is 23.6 Å². The lowest BCUT2D eigenvalue weighted by Gasteiger charge is -2.47. The molecule has 4 atom stereocenters. The number of carbonyl (C=O) groups is 2. The zero-order chi connectivity index (χ0) is 17.7. The molecular formula is C21H30O3. The number of hydrogen-bond donors (Lipinski definition) is 1. The second-order valence-electron chi connectivity index (χ2n) is 8.28. The van der Waals surface area contributed by atoms with E-state index in [0.717, 1.165) is 25.7 Å². The first-order valence-electron chi connectivity index (χ1n) is 9.41. The Morgan fingerprint density at radius 1 is 1.38 bits per heavy atom.